The number of carbonyl (C=O) groups excluding carboxylic acids is 1. The van der Waals surface area contributed by atoms with Crippen molar-refractivity contribution in [1.29, 1.82) is 0 Å². The van der Waals surface area contributed by atoms with E-state index in [1.807, 2.05) is 0 Å². The van der Waals surface area contributed by atoms with Gasteiger partial charge in [0, 0.05) is 6.07 Å². The van der Waals surface area contributed by atoms with Gasteiger partial charge < -0.3 is 18.6 Å². The van der Waals surface area contributed by atoms with Crippen LogP contribution >= 0.6 is 0 Å². The molecule has 3 rings (SSSR count). The van der Waals surface area contributed by atoms with Crippen LogP contribution in [0.3, 0.4) is 0 Å². The largest absolute Gasteiger partial charge is 0.479 e. The van der Waals surface area contributed by atoms with E-state index in [1.54, 1.807) is 32.9 Å². The van der Waals surface area contributed by atoms with Crippen molar-refractivity contribution in [1.82, 2.24) is 0 Å². The molecule has 0 bridgehead atoms. The highest BCUT2D eigenvalue weighted by Crippen LogP contribution is 2.39. The zero-order valence-electron chi connectivity index (χ0n) is 17.8. The number of aryl methyl sites for hydroxylation is 2. The van der Waals surface area contributed by atoms with Crippen LogP contribution in [0, 0.1) is 13.8 Å². The number of carbonyl (C=O) groups is 1. The second-order valence-corrected chi connectivity index (χ2v) is 7.13. The normalized spacial score (nSPS) is 12.5. The highest BCUT2D eigenvalue weighted by molar-refractivity contribution is 5.80. The van der Waals surface area contributed by atoms with Crippen LogP contribution < -0.4 is 14.9 Å². The van der Waals surface area contributed by atoms with Gasteiger partial charge >= 0.3 is 12.1 Å². The average molecular weight is 450 g/mol. The van der Waals surface area contributed by atoms with Crippen LogP contribution in [-0.4, -0.2) is 18.7 Å². The Morgan fingerprint density at radius 3 is 2.50 bits per heavy atom. The van der Waals surface area contributed by atoms with E-state index in [0.29, 0.717) is 5.56 Å². The van der Waals surface area contributed by atoms with Crippen LogP contribution in [0.5, 0.6) is 17.2 Å². The predicted molar refractivity (Wildman–Crippen MR) is 110 cm³/mol. The van der Waals surface area contributed by atoms with Gasteiger partial charge in [0.15, 0.2) is 6.10 Å². The van der Waals surface area contributed by atoms with Crippen molar-refractivity contribution in [2.45, 2.75) is 40.0 Å². The molecule has 3 aromatic rings. The number of fused-ring (bicyclic) bond motifs is 1. The van der Waals surface area contributed by atoms with Gasteiger partial charge in [0.1, 0.15) is 17.1 Å². The van der Waals surface area contributed by atoms with E-state index in [2.05, 4.69) is 0 Å². The first-order chi connectivity index (χ1) is 15.0. The third kappa shape index (κ3) is 4.87. The molecule has 0 aliphatic heterocycles. The molecular formula is C23H21F3O6. The molecular weight excluding hydrogens is 429 g/mol. The quantitative estimate of drug-likeness (QED) is 0.459. The van der Waals surface area contributed by atoms with E-state index < -0.39 is 35.2 Å². The summed E-state index contributed by atoms with van der Waals surface area (Å²) in [7, 11) is 0. The Kier molecular flexibility index (Phi) is 6.47. The molecule has 1 heterocycles. The van der Waals surface area contributed by atoms with Gasteiger partial charge in [-0.25, -0.2) is 4.79 Å². The topological polar surface area (TPSA) is 75.0 Å². The summed E-state index contributed by atoms with van der Waals surface area (Å²) >= 11 is 0. The highest BCUT2D eigenvalue weighted by atomic mass is 19.4. The zero-order valence-corrected chi connectivity index (χ0v) is 17.8. The monoisotopic (exact) mass is 450 g/mol. The van der Waals surface area contributed by atoms with Crippen LogP contribution in [-0.2, 0) is 15.7 Å². The molecule has 0 radical (unpaired) electrons. The van der Waals surface area contributed by atoms with Crippen LogP contribution in [0.4, 0.5) is 13.2 Å². The number of esters is 1. The zero-order chi connectivity index (χ0) is 23.6. The fourth-order valence-electron chi connectivity index (χ4n) is 2.95. The number of rotatable bonds is 6. The number of hydrogen-bond donors (Lipinski definition) is 0. The lowest BCUT2D eigenvalue weighted by Crippen LogP contribution is -2.26. The summed E-state index contributed by atoms with van der Waals surface area (Å²) in [5, 5.41) is -0.130. The number of halogens is 3. The van der Waals surface area contributed by atoms with E-state index in [-0.39, 0.29) is 29.1 Å². The fraction of sp³-hybridized carbons (Fsp3) is 0.304. The molecule has 2 aromatic carbocycles. The fourth-order valence-corrected chi connectivity index (χ4v) is 2.95. The highest BCUT2D eigenvalue weighted by Gasteiger charge is 2.40. The molecule has 1 atom stereocenters. The molecule has 0 saturated heterocycles. The van der Waals surface area contributed by atoms with Crippen molar-refractivity contribution < 1.29 is 36.6 Å². The van der Waals surface area contributed by atoms with Gasteiger partial charge in [0.05, 0.1) is 12.0 Å². The molecule has 32 heavy (non-hydrogen) atoms. The molecule has 0 aliphatic rings. The first-order valence-corrected chi connectivity index (χ1v) is 9.77. The lowest BCUT2D eigenvalue weighted by Gasteiger charge is -2.16. The second kappa shape index (κ2) is 8.94. The molecule has 6 nitrogen and oxygen atoms in total. The summed E-state index contributed by atoms with van der Waals surface area (Å²) in [5.41, 5.74) is -0.0320. The summed E-state index contributed by atoms with van der Waals surface area (Å²) in [6.07, 6.45) is -6.00. The molecule has 170 valence electrons. The van der Waals surface area contributed by atoms with Crippen molar-refractivity contribution in [2.24, 2.45) is 0 Å². The molecule has 1 aromatic heterocycles. The third-order valence-corrected chi connectivity index (χ3v) is 4.57. The standard InChI is InChI=1S/C23H21F3O6/c1-5-29-22(28)14(4)30-15-8-9-16-18(11-15)32-21(23(24,25)26)20(19(16)27)31-17-10-12(2)6-7-13(17)3/h6-11,14H,5H2,1-4H3/t14-/m0/s1. The summed E-state index contributed by atoms with van der Waals surface area (Å²) < 4.78 is 61.9. The maximum Gasteiger partial charge on any atom is 0.453 e. The van der Waals surface area contributed by atoms with Crippen LogP contribution in [0.25, 0.3) is 11.0 Å². The first-order valence-electron chi connectivity index (χ1n) is 9.77. The first kappa shape index (κ1) is 23.2. The minimum atomic E-state index is -4.99. The lowest BCUT2D eigenvalue weighted by molar-refractivity contribution is -0.154. The van der Waals surface area contributed by atoms with Crippen LogP contribution in [0.1, 0.15) is 30.7 Å². The second-order valence-electron chi connectivity index (χ2n) is 7.13. The van der Waals surface area contributed by atoms with Crippen molar-refractivity contribution in [3.63, 3.8) is 0 Å². The predicted octanol–water partition coefficient (Wildman–Crippen LogP) is 5.55. The molecule has 0 saturated carbocycles. The maximum atomic E-state index is 13.7. The Morgan fingerprint density at radius 1 is 1.12 bits per heavy atom. The van der Waals surface area contributed by atoms with E-state index in [0.717, 1.165) is 11.6 Å². The van der Waals surface area contributed by atoms with Crippen molar-refractivity contribution in [3.8, 4) is 17.2 Å². The number of alkyl halides is 3. The van der Waals surface area contributed by atoms with Crippen LogP contribution in [0.2, 0.25) is 0 Å². The summed E-state index contributed by atoms with van der Waals surface area (Å²) in [6.45, 7) is 6.61. The van der Waals surface area contributed by atoms with Crippen molar-refractivity contribution in [2.75, 3.05) is 6.61 Å². The van der Waals surface area contributed by atoms with E-state index >= 15 is 0 Å². The Bertz CT molecular complexity index is 1210. The molecule has 0 fully saturated rings. The Balaban J connectivity index is 2.09. The molecule has 0 unspecified atom stereocenters. The maximum absolute atomic E-state index is 13.7. The number of ether oxygens (including phenoxy) is 3. The third-order valence-electron chi connectivity index (χ3n) is 4.57. The van der Waals surface area contributed by atoms with Crippen molar-refractivity contribution >= 4 is 16.9 Å². The SMILES string of the molecule is CCOC(=O)[C@H](C)Oc1ccc2c(=O)c(Oc3cc(C)ccc3C)c(C(F)(F)F)oc2c1. The molecule has 0 N–H and O–H groups in total. The van der Waals surface area contributed by atoms with Gasteiger partial charge in [-0.15, -0.1) is 0 Å². The minimum absolute atomic E-state index is 0.0394. The van der Waals surface area contributed by atoms with E-state index in [4.69, 9.17) is 18.6 Å². The van der Waals surface area contributed by atoms with E-state index in [9.17, 15) is 22.8 Å². The van der Waals surface area contributed by atoms with E-state index in [1.165, 1.54) is 25.1 Å². The van der Waals surface area contributed by atoms with Gasteiger partial charge in [0.2, 0.25) is 11.2 Å². The number of hydrogen-bond acceptors (Lipinski definition) is 6. The smallest absolute Gasteiger partial charge is 0.453 e. The Morgan fingerprint density at radius 2 is 1.84 bits per heavy atom. The minimum Gasteiger partial charge on any atom is -0.479 e. The Labute approximate surface area is 181 Å². The lowest BCUT2D eigenvalue weighted by atomic mass is 10.1. The Hall–Kier alpha value is -3.49. The van der Waals surface area contributed by atoms with Gasteiger partial charge in [-0.1, -0.05) is 12.1 Å². The van der Waals surface area contributed by atoms with Gasteiger partial charge in [-0.05, 0) is 57.0 Å². The molecule has 0 aliphatic carbocycles. The molecule has 0 amide bonds. The molecule has 9 heteroatoms. The summed E-state index contributed by atoms with van der Waals surface area (Å²) in [6, 6.07) is 8.70. The van der Waals surface area contributed by atoms with Crippen LogP contribution in [0.15, 0.2) is 45.6 Å². The van der Waals surface area contributed by atoms with Gasteiger partial charge in [-0.3, -0.25) is 4.79 Å². The number of benzene rings is 2. The van der Waals surface area contributed by atoms with Gasteiger partial charge in [-0.2, -0.15) is 13.2 Å². The van der Waals surface area contributed by atoms with Crippen molar-refractivity contribution in [3.05, 3.63) is 63.5 Å². The van der Waals surface area contributed by atoms with Gasteiger partial charge in [0.25, 0.3) is 5.76 Å². The summed E-state index contributed by atoms with van der Waals surface area (Å²) in [4.78, 5) is 24.7. The average Bonchev–Trinajstić information content (AvgIpc) is 2.71. The summed E-state index contributed by atoms with van der Waals surface area (Å²) in [5.74, 6) is -3.00. The molecule has 0 spiro atoms.